The summed E-state index contributed by atoms with van der Waals surface area (Å²) in [4.78, 5) is 13.8. The zero-order chi connectivity index (χ0) is 14.9. The van der Waals surface area contributed by atoms with Crippen LogP contribution in [0.4, 0.5) is 4.39 Å². The van der Waals surface area contributed by atoms with Crippen LogP contribution in [0.25, 0.3) is 0 Å². The van der Waals surface area contributed by atoms with Crippen molar-refractivity contribution in [2.45, 2.75) is 44.4 Å². The van der Waals surface area contributed by atoms with Crippen LogP contribution >= 0.6 is 0 Å². The molecule has 1 aromatic rings. The Balaban J connectivity index is 2.18. The van der Waals surface area contributed by atoms with Gasteiger partial charge >= 0.3 is 0 Å². The van der Waals surface area contributed by atoms with E-state index in [1.165, 1.54) is 12.1 Å². The van der Waals surface area contributed by atoms with Crippen LogP contribution in [0.1, 0.15) is 38.3 Å². The second-order valence-corrected chi connectivity index (χ2v) is 5.99. The Morgan fingerprint density at radius 2 is 2.00 bits per heavy atom. The SMILES string of the molecule is CC(C)(O)CC(=O)N1C[C@@H](O)C[C@@H]1c1ccc(F)cc1. The Labute approximate surface area is 117 Å². The monoisotopic (exact) mass is 281 g/mol. The van der Waals surface area contributed by atoms with E-state index in [2.05, 4.69) is 0 Å². The fourth-order valence-corrected chi connectivity index (χ4v) is 2.56. The lowest BCUT2D eigenvalue weighted by atomic mass is 10.0. The molecule has 4 nitrogen and oxygen atoms in total. The van der Waals surface area contributed by atoms with Gasteiger partial charge in [-0.2, -0.15) is 0 Å². The second kappa shape index (κ2) is 5.50. The summed E-state index contributed by atoms with van der Waals surface area (Å²) in [7, 11) is 0. The molecule has 0 bridgehead atoms. The van der Waals surface area contributed by atoms with Crippen LogP contribution in [0.15, 0.2) is 24.3 Å². The van der Waals surface area contributed by atoms with Gasteiger partial charge in [-0.25, -0.2) is 4.39 Å². The number of benzene rings is 1. The number of aliphatic hydroxyl groups is 2. The number of hydrogen-bond donors (Lipinski definition) is 2. The number of amides is 1. The number of likely N-dealkylation sites (tertiary alicyclic amines) is 1. The number of rotatable bonds is 3. The van der Waals surface area contributed by atoms with Crippen molar-refractivity contribution in [2.75, 3.05) is 6.54 Å². The molecule has 1 amide bonds. The first-order valence-electron chi connectivity index (χ1n) is 6.71. The maximum Gasteiger partial charge on any atom is 0.226 e. The molecule has 0 radical (unpaired) electrons. The van der Waals surface area contributed by atoms with Gasteiger partial charge < -0.3 is 15.1 Å². The molecule has 1 heterocycles. The standard InChI is InChI=1S/C15H20FNO3/c1-15(2,20)8-14(19)17-9-12(18)7-13(17)10-3-5-11(16)6-4-10/h3-6,12-13,18,20H,7-9H2,1-2H3/t12-,13+/m0/s1. The average Bonchev–Trinajstić information content (AvgIpc) is 2.70. The Hall–Kier alpha value is -1.46. The van der Waals surface area contributed by atoms with Gasteiger partial charge in [-0.1, -0.05) is 12.1 Å². The molecule has 5 heteroatoms. The molecule has 1 aliphatic heterocycles. The summed E-state index contributed by atoms with van der Waals surface area (Å²) in [5.74, 6) is -0.537. The van der Waals surface area contributed by atoms with E-state index >= 15 is 0 Å². The fourth-order valence-electron chi connectivity index (χ4n) is 2.56. The molecule has 2 rings (SSSR count). The third kappa shape index (κ3) is 3.55. The lowest BCUT2D eigenvalue weighted by Crippen LogP contribution is -2.36. The zero-order valence-corrected chi connectivity index (χ0v) is 11.7. The molecule has 0 aliphatic carbocycles. The summed E-state index contributed by atoms with van der Waals surface area (Å²) < 4.78 is 13.0. The molecule has 1 fully saturated rings. The van der Waals surface area contributed by atoms with Crippen LogP contribution in [0.2, 0.25) is 0 Å². The van der Waals surface area contributed by atoms with Gasteiger partial charge in [0.25, 0.3) is 0 Å². The highest BCUT2D eigenvalue weighted by Crippen LogP contribution is 2.33. The van der Waals surface area contributed by atoms with Crippen LogP contribution in [-0.2, 0) is 4.79 Å². The minimum absolute atomic E-state index is 0.00256. The van der Waals surface area contributed by atoms with Crippen LogP contribution in [-0.4, -0.2) is 39.3 Å². The predicted molar refractivity (Wildman–Crippen MR) is 72.4 cm³/mol. The molecule has 1 saturated heterocycles. The Morgan fingerprint density at radius 1 is 1.40 bits per heavy atom. The van der Waals surface area contributed by atoms with Gasteiger partial charge in [-0.05, 0) is 38.0 Å². The van der Waals surface area contributed by atoms with E-state index in [0.29, 0.717) is 6.42 Å². The topological polar surface area (TPSA) is 60.8 Å². The van der Waals surface area contributed by atoms with Gasteiger partial charge in [-0.15, -0.1) is 0 Å². The Bertz CT molecular complexity index is 481. The summed E-state index contributed by atoms with van der Waals surface area (Å²) in [6, 6.07) is 5.68. The molecule has 2 atom stereocenters. The first-order chi connectivity index (χ1) is 9.26. The van der Waals surface area contributed by atoms with Crippen molar-refractivity contribution in [3.05, 3.63) is 35.6 Å². The van der Waals surface area contributed by atoms with Crippen molar-refractivity contribution in [3.8, 4) is 0 Å². The summed E-state index contributed by atoms with van der Waals surface area (Å²) in [5, 5.41) is 19.6. The van der Waals surface area contributed by atoms with E-state index < -0.39 is 11.7 Å². The lowest BCUT2D eigenvalue weighted by molar-refractivity contribution is -0.136. The molecule has 0 saturated carbocycles. The molecule has 0 aromatic heterocycles. The highest BCUT2D eigenvalue weighted by Gasteiger charge is 2.36. The van der Waals surface area contributed by atoms with E-state index in [1.54, 1.807) is 30.9 Å². The van der Waals surface area contributed by atoms with Crippen LogP contribution in [0.3, 0.4) is 0 Å². The summed E-state index contributed by atoms with van der Waals surface area (Å²) >= 11 is 0. The summed E-state index contributed by atoms with van der Waals surface area (Å²) in [5.41, 5.74) is -0.287. The normalized spacial score (nSPS) is 23.1. The van der Waals surface area contributed by atoms with Gasteiger partial charge in [-0.3, -0.25) is 4.79 Å². The molecular formula is C15H20FNO3. The smallest absolute Gasteiger partial charge is 0.226 e. The van der Waals surface area contributed by atoms with E-state index in [4.69, 9.17) is 0 Å². The summed E-state index contributed by atoms with van der Waals surface area (Å²) in [6.07, 6.45) is -0.156. The van der Waals surface area contributed by atoms with Crippen LogP contribution in [0, 0.1) is 5.82 Å². The molecule has 1 aromatic carbocycles. The van der Waals surface area contributed by atoms with Gasteiger partial charge in [0.2, 0.25) is 5.91 Å². The van der Waals surface area contributed by atoms with Gasteiger partial charge in [0.05, 0.1) is 24.2 Å². The number of nitrogens with zero attached hydrogens (tertiary/aromatic N) is 1. The van der Waals surface area contributed by atoms with Crippen molar-refractivity contribution >= 4 is 5.91 Å². The van der Waals surface area contributed by atoms with E-state index in [0.717, 1.165) is 5.56 Å². The Kier molecular flexibility index (Phi) is 4.11. The average molecular weight is 281 g/mol. The molecule has 20 heavy (non-hydrogen) atoms. The number of carbonyl (C=O) groups is 1. The minimum atomic E-state index is -1.09. The predicted octanol–water partition coefficient (Wildman–Crippen LogP) is 1.62. The molecular weight excluding hydrogens is 261 g/mol. The maximum absolute atomic E-state index is 13.0. The molecule has 0 unspecified atom stereocenters. The third-order valence-electron chi connectivity index (χ3n) is 3.44. The van der Waals surface area contributed by atoms with E-state index in [9.17, 15) is 19.4 Å². The highest BCUT2D eigenvalue weighted by molar-refractivity contribution is 5.78. The van der Waals surface area contributed by atoms with Crippen molar-refractivity contribution in [1.29, 1.82) is 0 Å². The summed E-state index contributed by atoms with van der Waals surface area (Å²) in [6.45, 7) is 3.39. The lowest BCUT2D eigenvalue weighted by Gasteiger charge is -2.27. The van der Waals surface area contributed by atoms with E-state index in [-0.39, 0.29) is 30.7 Å². The second-order valence-electron chi connectivity index (χ2n) is 5.99. The van der Waals surface area contributed by atoms with Crippen LogP contribution in [0.5, 0.6) is 0 Å². The maximum atomic E-state index is 13.0. The van der Waals surface area contributed by atoms with Crippen molar-refractivity contribution in [2.24, 2.45) is 0 Å². The Morgan fingerprint density at radius 3 is 2.55 bits per heavy atom. The van der Waals surface area contributed by atoms with Gasteiger partial charge in [0, 0.05) is 6.54 Å². The van der Waals surface area contributed by atoms with E-state index in [1.807, 2.05) is 0 Å². The molecule has 1 aliphatic rings. The zero-order valence-electron chi connectivity index (χ0n) is 11.7. The van der Waals surface area contributed by atoms with Crippen molar-refractivity contribution in [3.63, 3.8) is 0 Å². The quantitative estimate of drug-likeness (QED) is 0.885. The van der Waals surface area contributed by atoms with Crippen molar-refractivity contribution < 1.29 is 19.4 Å². The first-order valence-corrected chi connectivity index (χ1v) is 6.71. The third-order valence-corrected chi connectivity index (χ3v) is 3.44. The fraction of sp³-hybridized carbons (Fsp3) is 0.533. The largest absolute Gasteiger partial charge is 0.391 e. The minimum Gasteiger partial charge on any atom is -0.391 e. The van der Waals surface area contributed by atoms with Crippen molar-refractivity contribution in [1.82, 2.24) is 4.90 Å². The molecule has 0 spiro atoms. The molecule has 2 N–H and O–H groups in total. The van der Waals surface area contributed by atoms with Gasteiger partial charge in [0.1, 0.15) is 5.82 Å². The number of halogens is 1. The van der Waals surface area contributed by atoms with Crippen LogP contribution < -0.4 is 0 Å². The number of aliphatic hydroxyl groups excluding tert-OH is 1. The highest BCUT2D eigenvalue weighted by atomic mass is 19.1. The molecule has 110 valence electrons. The number of hydrogen-bond acceptors (Lipinski definition) is 3. The number of β-amino-alcohol motifs (C(OH)–C–C–N with tert-alkyl or cyclic N) is 1. The van der Waals surface area contributed by atoms with Gasteiger partial charge in [0.15, 0.2) is 0 Å². The number of carbonyl (C=O) groups excluding carboxylic acids is 1. The first kappa shape index (κ1) is 14.9.